The largest absolute Gasteiger partial charge is 0.396 e. The van der Waals surface area contributed by atoms with E-state index in [1.54, 1.807) is 0 Å². The van der Waals surface area contributed by atoms with Gasteiger partial charge < -0.3 is 9.84 Å². The van der Waals surface area contributed by atoms with Crippen LogP contribution >= 0.6 is 0 Å². The van der Waals surface area contributed by atoms with E-state index >= 15 is 0 Å². The lowest BCUT2D eigenvalue weighted by atomic mass is 10.3. The number of carbonyl (C=O) groups excluding carboxylic acids is 1. The van der Waals surface area contributed by atoms with E-state index in [4.69, 9.17) is 10.4 Å². The Morgan fingerprint density at radius 1 is 1.78 bits per heavy atom. The first-order chi connectivity index (χ1) is 4.31. The highest BCUT2D eigenvalue weighted by Gasteiger charge is 1.99. The first-order valence-electron chi connectivity index (χ1n) is 2.51. The third kappa shape index (κ3) is 4.78. The van der Waals surface area contributed by atoms with Gasteiger partial charge in [0.1, 0.15) is 0 Å². The Hall–Kier alpha value is -1.08. The van der Waals surface area contributed by atoms with Crippen LogP contribution < -0.4 is 0 Å². The standard InChI is InChI=1S/C5H7NO3/c6-4-9-5(8)2-1-3-7/h7H,1-3H2. The number of carbonyl (C=O) groups is 1. The summed E-state index contributed by atoms with van der Waals surface area (Å²) in [6, 6.07) is 0. The van der Waals surface area contributed by atoms with E-state index in [0.29, 0.717) is 6.42 Å². The average molecular weight is 129 g/mol. The van der Waals surface area contributed by atoms with Crippen molar-refractivity contribution in [2.45, 2.75) is 12.8 Å². The first kappa shape index (κ1) is 7.92. The van der Waals surface area contributed by atoms with E-state index < -0.39 is 5.97 Å². The molecule has 0 fully saturated rings. The van der Waals surface area contributed by atoms with Crippen LogP contribution in [0.1, 0.15) is 12.8 Å². The molecule has 0 aromatic heterocycles. The monoisotopic (exact) mass is 129 g/mol. The molecule has 0 aliphatic rings. The Balaban J connectivity index is 3.19. The van der Waals surface area contributed by atoms with Crippen LogP contribution in [-0.4, -0.2) is 17.7 Å². The lowest BCUT2D eigenvalue weighted by molar-refractivity contribution is -0.137. The molecule has 0 aromatic carbocycles. The summed E-state index contributed by atoms with van der Waals surface area (Å²) in [5.41, 5.74) is 0. The van der Waals surface area contributed by atoms with Crippen molar-refractivity contribution >= 4 is 5.97 Å². The maximum Gasteiger partial charge on any atom is 0.321 e. The van der Waals surface area contributed by atoms with Crippen LogP contribution in [-0.2, 0) is 9.53 Å². The Kier molecular flexibility index (Phi) is 4.46. The Labute approximate surface area is 52.7 Å². The summed E-state index contributed by atoms with van der Waals surface area (Å²) in [5.74, 6) is -0.591. The van der Waals surface area contributed by atoms with Crippen molar-refractivity contribution in [2.24, 2.45) is 0 Å². The fourth-order valence-electron chi connectivity index (χ4n) is 0.325. The molecular formula is C5H7NO3. The molecule has 0 aromatic rings. The zero-order valence-corrected chi connectivity index (χ0v) is 4.83. The number of nitrogens with zero attached hydrogens (tertiary/aromatic N) is 1. The normalized spacial score (nSPS) is 8.00. The van der Waals surface area contributed by atoms with Crippen LogP contribution in [0.25, 0.3) is 0 Å². The van der Waals surface area contributed by atoms with Crippen LogP contribution in [0.2, 0.25) is 0 Å². The number of aliphatic hydroxyl groups excluding tert-OH is 1. The molecule has 50 valence electrons. The zero-order chi connectivity index (χ0) is 7.11. The maximum atomic E-state index is 10.2. The van der Waals surface area contributed by atoms with Crippen molar-refractivity contribution in [3.8, 4) is 6.26 Å². The van der Waals surface area contributed by atoms with E-state index in [9.17, 15) is 4.79 Å². The fraction of sp³-hybridized carbons (Fsp3) is 0.600. The number of hydrogen-bond donors (Lipinski definition) is 1. The molecule has 0 atom stereocenters. The third-order valence-electron chi connectivity index (χ3n) is 0.698. The number of ether oxygens (including phenoxy) is 1. The van der Waals surface area contributed by atoms with Crippen LogP contribution in [0.4, 0.5) is 0 Å². The van der Waals surface area contributed by atoms with Gasteiger partial charge in [0.2, 0.25) is 0 Å². The summed E-state index contributed by atoms with van der Waals surface area (Å²) < 4.78 is 3.90. The Morgan fingerprint density at radius 3 is 2.89 bits per heavy atom. The molecule has 0 saturated heterocycles. The third-order valence-corrected chi connectivity index (χ3v) is 0.698. The molecule has 0 rings (SSSR count). The second-order valence-electron chi connectivity index (χ2n) is 1.39. The summed E-state index contributed by atoms with van der Waals surface area (Å²) in [6.07, 6.45) is 1.69. The van der Waals surface area contributed by atoms with Gasteiger partial charge in [0.15, 0.2) is 0 Å². The van der Waals surface area contributed by atoms with Gasteiger partial charge in [-0.25, -0.2) is 0 Å². The quantitative estimate of drug-likeness (QED) is 0.422. The summed E-state index contributed by atoms with van der Waals surface area (Å²) in [4.78, 5) is 10.2. The van der Waals surface area contributed by atoms with E-state index in [0.717, 1.165) is 0 Å². The zero-order valence-electron chi connectivity index (χ0n) is 4.83. The second-order valence-corrected chi connectivity index (χ2v) is 1.39. The lowest BCUT2D eigenvalue weighted by Gasteiger charge is -1.90. The fourth-order valence-corrected chi connectivity index (χ4v) is 0.325. The molecule has 0 saturated carbocycles. The van der Waals surface area contributed by atoms with Gasteiger partial charge in [0.25, 0.3) is 6.26 Å². The van der Waals surface area contributed by atoms with Crippen molar-refractivity contribution in [3.63, 3.8) is 0 Å². The Bertz CT molecular complexity index is 127. The molecule has 9 heavy (non-hydrogen) atoms. The molecule has 0 bridgehead atoms. The van der Waals surface area contributed by atoms with Gasteiger partial charge in [-0.05, 0) is 6.42 Å². The van der Waals surface area contributed by atoms with Crippen molar-refractivity contribution in [1.29, 1.82) is 5.26 Å². The van der Waals surface area contributed by atoms with Crippen LogP contribution in [0.3, 0.4) is 0 Å². The molecular weight excluding hydrogens is 122 g/mol. The van der Waals surface area contributed by atoms with Crippen LogP contribution in [0, 0.1) is 11.5 Å². The van der Waals surface area contributed by atoms with Crippen molar-refractivity contribution in [3.05, 3.63) is 0 Å². The van der Waals surface area contributed by atoms with Crippen molar-refractivity contribution in [2.75, 3.05) is 6.61 Å². The minimum atomic E-state index is -0.591. The van der Waals surface area contributed by atoms with Crippen LogP contribution in [0.5, 0.6) is 0 Å². The van der Waals surface area contributed by atoms with Gasteiger partial charge in [-0.1, -0.05) is 0 Å². The van der Waals surface area contributed by atoms with Crippen molar-refractivity contribution in [1.82, 2.24) is 0 Å². The van der Waals surface area contributed by atoms with Gasteiger partial charge in [-0.15, -0.1) is 5.26 Å². The molecule has 0 aliphatic carbocycles. The van der Waals surface area contributed by atoms with E-state index in [1.807, 2.05) is 0 Å². The van der Waals surface area contributed by atoms with Crippen LogP contribution in [0.15, 0.2) is 0 Å². The smallest absolute Gasteiger partial charge is 0.321 e. The molecule has 0 unspecified atom stereocenters. The Morgan fingerprint density at radius 2 is 2.44 bits per heavy atom. The van der Waals surface area contributed by atoms with Gasteiger partial charge in [-0.3, -0.25) is 4.79 Å². The van der Waals surface area contributed by atoms with E-state index in [1.165, 1.54) is 6.26 Å². The number of rotatable bonds is 3. The highest BCUT2D eigenvalue weighted by molar-refractivity contribution is 5.70. The predicted octanol–water partition coefficient (Wildman–Crippen LogP) is -0.217. The van der Waals surface area contributed by atoms with Gasteiger partial charge in [0.05, 0.1) is 0 Å². The van der Waals surface area contributed by atoms with Gasteiger partial charge >= 0.3 is 5.97 Å². The molecule has 4 heteroatoms. The van der Waals surface area contributed by atoms with Gasteiger partial charge in [-0.2, -0.15) is 0 Å². The molecule has 0 heterocycles. The highest BCUT2D eigenvalue weighted by Crippen LogP contribution is 1.89. The minimum absolute atomic E-state index is 0.0550. The first-order valence-corrected chi connectivity index (χ1v) is 2.51. The highest BCUT2D eigenvalue weighted by atomic mass is 16.5. The van der Waals surface area contributed by atoms with E-state index in [-0.39, 0.29) is 13.0 Å². The summed E-state index contributed by atoms with van der Waals surface area (Å²) >= 11 is 0. The summed E-state index contributed by atoms with van der Waals surface area (Å²) in [5, 5.41) is 16.0. The number of esters is 1. The lowest BCUT2D eigenvalue weighted by Crippen LogP contribution is -2.00. The number of aliphatic hydroxyl groups is 1. The maximum absolute atomic E-state index is 10.2. The van der Waals surface area contributed by atoms with E-state index in [2.05, 4.69) is 4.74 Å². The van der Waals surface area contributed by atoms with Crippen molar-refractivity contribution < 1.29 is 14.6 Å². The van der Waals surface area contributed by atoms with Gasteiger partial charge in [0, 0.05) is 13.0 Å². The molecule has 0 radical (unpaired) electrons. The molecule has 0 amide bonds. The second kappa shape index (κ2) is 5.06. The number of nitriles is 1. The molecule has 0 spiro atoms. The number of hydrogen-bond acceptors (Lipinski definition) is 4. The SMILES string of the molecule is N#COC(=O)CCCO. The molecule has 4 nitrogen and oxygen atoms in total. The molecule has 0 aliphatic heterocycles. The summed E-state index contributed by atoms with van der Waals surface area (Å²) in [7, 11) is 0. The topological polar surface area (TPSA) is 70.3 Å². The predicted molar refractivity (Wildman–Crippen MR) is 28.0 cm³/mol. The minimum Gasteiger partial charge on any atom is -0.396 e. The summed E-state index contributed by atoms with van der Waals surface area (Å²) in [6.45, 7) is -0.0550. The average Bonchev–Trinajstić information content (AvgIpc) is 1.85. The molecule has 1 N–H and O–H groups in total.